The van der Waals surface area contributed by atoms with Gasteiger partial charge >= 0.3 is 5.69 Å². The number of hydrogen-bond donors (Lipinski definition) is 1. The van der Waals surface area contributed by atoms with Crippen LogP contribution in [0.25, 0.3) is 10.9 Å². The van der Waals surface area contributed by atoms with Gasteiger partial charge in [0.1, 0.15) is 17.5 Å². The second-order valence-corrected chi connectivity index (χ2v) is 5.88. The highest BCUT2D eigenvalue weighted by Gasteiger charge is 2.46. The Morgan fingerprint density at radius 1 is 1.38 bits per heavy atom. The molecular formula is C15H17N3O3. The summed E-state index contributed by atoms with van der Waals surface area (Å²) < 4.78 is 0. The van der Waals surface area contributed by atoms with Gasteiger partial charge in [0, 0.05) is 18.5 Å². The van der Waals surface area contributed by atoms with Gasteiger partial charge in [-0.05, 0) is 12.0 Å². The monoisotopic (exact) mass is 287 g/mol. The lowest BCUT2D eigenvalue weighted by atomic mass is 9.82. The summed E-state index contributed by atoms with van der Waals surface area (Å²) in [6, 6.07) is 7.35. The molecule has 21 heavy (non-hydrogen) atoms. The molecule has 6 nitrogen and oxygen atoms in total. The van der Waals surface area contributed by atoms with Gasteiger partial charge in [0.25, 0.3) is 0 Å². The molecule has 0 bridgehead atoms. The highest BCUT2D eigenvalue weighted by atomic mass is 16.6. The van der Waals surface area contributed by atoms with Gasteiger partial charge in [-0.15, -0.1) is 0 Å². The fourth-order valence-corrected chi connectivity index (χ4v) is 2.72. The number of β-amino-alcohol motifs (C(OH)–C–C–N with tert-alkyl or cyclic N) is 1. The highest BCUT2D eigenvalue weighted by molar-refractivity contribution is 5.96. The third-order valence-electron chi connectivity index (χ3n) is 4.24. The minimum atomic E-state index is -0.780. The molecule has 1 N–H and O–H groups in total. The molecule has 1 fully saturated rings. The predicted octanol–water partition coefficient (Wildman–Crippen LogP) is 2.35. The quantitative estimate of drug-likeness (QED) is 0.692. The van der Waals surface area contributed by atoms with E-state index in [0.29, 0.717) is 18.8 Å². The number of hydrogen-bond acceptors (Lipinski definition) is 5. The number of para-hydroxylation sites is 1. The fourth-order valence-electron chi connectivity index (χ4n) is 2.72. The Hall–Kier alpha value is -2.21. The van der Waals surface area contributed by atoms with Crippen LogP contribution in [0.3, 0.4) is 0 Å². The minimum absolute atomic E-state index is 0.0143. The lowest BCUT2D eigenvalue weighted by Gasteiger charge is -2.50. The van der Waals surface area contributed by atoms with Crippen molar-refractivity contribution in [3.05, 3.63) is 40.6 Å². The number of nitro groups is 1. The van der Waals surface area contributed by atoms with Crippen LogP contribution in [0.15, 0.2) is 30.5 Å². The molecule has 1 aromatic heterocycles. The highest BCUT2D eigenvalue weighted by Crippen LogP contribution is 2.41. The van der Waals surface area contributed by atoms with Gasteiger partial charge in [0.2, 0.25) is 0 Å². The number of rotatable bonds is 3. The van der Waals surface area contributed by atoms with Crippen LogP contribution >= 0.6 is 0 Å². The average molecular weight is 287 g/mol. The summed E-state index contributed by atoms with van der Waals surface area (Å²) in [5.41, 5.74) is 0.478. The van der Waals surface area contributed by atoms with Gasteiger partial charge in [0.05, 0.1) is 10.4 Å². The summed E-state index contributed by atoms with van der Waals surface area (Å²) in [5, 5.41) is 22.4. The molecule has 0 unspecified atom stereocenters. The van der Waals surface area contributed by atoms with Crippen LogP contribution in [-0.2, 0) is 0 Å². The first-order chi connectivity index (χ1) is 9.92. The SMILES string of the molecule is CC(C)C1(O)CN(c2c([N+](=O)[O-])cnc3ccccc23)C1. The number of fused-ring (bicyclic) bond motifs is 1. The van der Waals surface area contributed by atoms with E-state index in [9.17, 15) is 15.2 Å². The lowest BCUT2D eigenvalue weighted by molar-refractivity contribution is -0.384. The Kier molecular flexibility index (Phi) is 3.06. The number of benzene rings is 1. The maximum Gasteiger partial charge on any atom is 0.311 e. The van der Waals surface area contributed by atoms with Gasteiger partial charge in [-0.1, -0.05) is 32.0 Å². The standard InChI is InChI=1S/C15H17N3O3/c1-10(2)15(19)8-17(9-15)14-11-5-3-4-6-12(11)16-7-13(14)18(20)21/h3-7,10,19H,8-9H2,1-2H3. The lowest BCUT2D eigenvalue weighted by Crippen LogP contribution is -2.64. The Balaban J connectivity index is 2.09. The van der Waals surface area contributed by atoms with E-state index in [2.05, 4.69) is 4.98 Å². The van der Waals surface area contributed by atoms with Crippen molar-refractivity contribution in [1.29, 1.82) is 0 Å². The van der Waals surface area contributed by atoms with Crippen LogP contribution in [0.1, 0.15) is 13.8 Å². The normalized spacial score (nSPS) is 17.0. The van der Waals surface area contributed by atoms with Crippen molar-refractivity contribution < 1.29 is 10.0 Å². The second-order valence-electron chi connectivity index (χ2n) is 5.88. The summed E-state index contributed by atoms with van der Waals surface area (Å²) >= 11 is 0. The molecule has 0 aliphatic carbocycles. The molecule has 1 aliphatic rings. The van der Waals surface area contributed by atoms with Crippen molar-refractivity contribution in [2.75, 3.05) is 18.0 Å². The fraction of sp³-hybridized carbons (Fsp3) is 0.400. The summed E-state index contributed by atoms with van der Waals surface area (Å²) in [6.07, 6.45) is 1.30. The summed E-state index contributed by atoms with van der Waals surface area (Å²) in [7, 11) is 0. The van der Waals surface area contributed by atoms with Crippen LogP contribution in [0.4, 0.5) is 11.4 Å². The third-order valence-corrected chi connectivity index (χ3v) is 4.24. The van der Waals surface area contributed by atoms with Crippen LogP contribution < -0.4 is 4.90 Å². The van der Waals surface area contributed by atoms with Gasteiger partial charge in [-0.3, -0.25) is 10.1 Å². The number of aromatic nitrogens is 1. The van der Waals surface area contributed by atoms with E-state index < -0.39 is 10.5 Å². The first-order valence-electron chi connectivity index (χ1n) is 6.92. The summed E-state index contributed by atoms with van der Waals surface area (Å²) in [4.78, 5) is 16.9. The molecule has 0 saturated carbocycles. The number of pyridine rings is 1. The first-order valence-corrected chi connectivity index (χ1v) is 6.92. The van der Waals surface area contributed by atoms with E-state index in [1.54, 1.807) is 0 Å². The van der Waals surface area contributed by atoms with Crippen molar-refractivity contribution in [3.8, 4) is 0 Å². The second kappa shape index (κ2) is 4.66. The smallest absolute Gasteiger partial charge is 0.311 e. The molecule has 1 aliphatic heterocycles. The summed E-state index contributed by atoms with van der Waals surface area (Å²) in [5.74, 6) is 0.112. The van der Waals surface area contributed by atoms with Crippen molar-refractivity contribution in [1.82, 2.24) is 4.98 Å². The van der Waals surface area contributed by atoms with E-state index in [0.717, 1.165) is 10.9 Å². The Labute approximate surface area is 122 Å². The molecule has 2 aromatic rings. The molecule has 0 radical (unpaired) electrons. The zero-order chi connectivity index (χ0) is 15.2. The van der Waals surface area contributed by atoms with E-state index in [-0.39, 0.29) is 11.6 Å². The van der Waals surface area contributed by atoms with Crippen LogP contribution in [0.5, 0.6) is 0 Å². The van der Waals surface area contributed by atoms with Crippen LogP contribution in [0.2, 0.25) is 0 Å². The maximum absolute atomic E-state index is 11.3. The average Bonchev–Trinajstić information content (AvgIpc) is 2.42. The molecule has 1 aromatic carbocycles. The molecule has 2 heterocycles. The maximum atomic E-state index is 11.3. The number of nitrogens with zero attached hydrogens (tertiary/aromatic N) is 3. The van der Waals surface area contributed by atoms with Crippen LogP contribution in [-0.4, -0.2) is 33.7 Å². The first kappa shape index (κ1) is 13.8. The molecule has 0 atom stereocenters. The van der Waals surface area contributed by atoms with Gasteiger partial charge in [0.15, 0.2) is 0 Å². The van der Waals surface area contributed by atoms with Crippen LogP contribution in [0, 0.1) is 16.0 Å². The Morgan fingerprint density at radius 3 is 2.67 bits per heavy atom. The molecule has 0 amide bonds. The zero-order valence-corrected chi connectivity index (χ0v) is 12.0. The summed E-state index contributed by atoms with van der Waals surface area (Å²) in [6.45, 7) is 4.71. The van der Waals surface area contributed by atoms with Crippen molar-refractivity contribution >= 4 is 22.3 Å². The molecule has 3 rings (SSSR count). The van der Waals surface area contributed by atoms with E-state index in [4.69, 9.17) is 0 Å². The van der Waals surface area contributed by atoms with Crippen molar-refractivity contribution in [2.24, 2.45) is 5.92 Å². The zero-order valence-electron chi connectivity index (χ0n) is 12.0. The Morgan fingerprint density at radius 2 is 2.05 bits per heavy atom. The molecule has 6 heteroatoms. The van der Waals surface area contributed by atoms with E-state index >= 15 is 0 Å². The van der Waals surface area contributed by atoms with Crippen molar-refractivity contribution in [2.45, 2.75) is 19.4 Å². The molecule has 0 spiro atoms. The minimum Gasteiger partial charge on any atom is -0.386 e. The largest absolute Gasteiger partial charge is 0.386 e. The molecule has 1 saturated heterocycles. The molecular weight excluding hydrogens is 270 g/mol. The van der Waals surface area contributed by atoms with E-state index in [1.807, 2.05) is 43.0 Å². The predicted molar refractivity (Wildman–Crippen MR) is 80.4 cm³/mol. The van der Waals surface area contributed by atoms with Crippen molar-refractivity contribution in [3.63, 3.8) is 0 Å². The number of aliphatic hydroxyl groups is 1. The van der Waals surface area contributed by atoms with Gasteiger partial charge in [-0.25, -0.2) is 4.98 Å². The third kappa shape index (κ3) is 2.12. The number of anilines is 1. The van der Waals surface area contributed by atoms with Gasteiger partial charge in [-0.2, -0.15) is 0 Å². The van der Waals surface area contributed by atoms with E-state index in [1.165, 1.54) is 6.20 Å². The Bertz CT molecular complexity index is 708. The molecule has 110 valence electrons. The topological polar surface area (TPSA) is 79.5 Å². The van der Waals surface area contributed by atoms with Gasteiger partial charge < -0.3 is 10.0 Å².